The first kappa shape index (κ1) is 17.1. The fourth-order valence-corrected chi connectivity index (χ4v) is 4.09. The maximum absolute atomic E-state index is 12.1. The Morgan fingerprint density at radius 3 is 2.55 bits per heavy atom. The number of hydrogen-bond donors (Lipinski definition) is 3. The first-order chi connectivity index (χ1) is 14.1. The van der Waals surface area contributed by atoms with Gasteiger partial charge in [-0.25, -0.2) is 14.5 Å². The van der Waals surface area contributed by atoms with Crippen LogP contribution in [0.15, 0.2) is 60.8 Å². The van der Waals surface area contributed by atoms with Gasteiger partial charge in [-0.1, -0.05) is 30.3 Å². The van der Waals surface area contributed by atoms with Crippen molar-refractivity contribution in [2.75, 3.05) is 11.1 Å². The van der Waals surface area contributed by atoms with Crippen LogP contribution in [0.5, 0.6) is 0 Å². The summed E-state index contributed by atoms with van der Waals surface area (Å²) in [4.78, 5) is 21.2. The third-order valence-corrected chi connectivity index (χ3v) is 5.52. The van der Waals surface area contributed by atoms with Gasteiger partial charge in [-0.3, -0.25) is 4.79 Å². The molecule has 0 aliphatic rings. The van der Waals surface area contributed by atoms with E-state index >= 15 is 0 Å². The van der Waals surface area contributed by atoms with Crippen LogP contribution in [0.4, 0.5) is 17.3 Å². The molecule has 142 valence electrons. The second-order valence-electron chi connectivity index (χ2n) is 6.37. The Morgan fingerprint density at radius 2 is 1.79 bits per heavy atom. The number of thiazole rings is 1. The summed E-state index contributed by atoms with van der Waals surface area (Å²) in [5, 5.41) is 8.32. The van der Waals surface area contributed by atoms with Gasteiger partial charge in [-0.15, -0.1) is 16.4 Å². The molecule has 0 unspecified atom stereocenters. The van der Waals surface area contributed by atoms with E-state index < -0.39 is 5.91 Å². The third-order valence-electron chi connectivity index (χ3n) is 4.45. The highest BCUT2D eigenvalue weighted by atomic mass is 32.1. The average Bonchev–Trinajstić information content (AvgIpc) is 3.28. The number of aromatic nitrogens is 4. The molecule has 0 aliphatic carbocycles. The molecule has 8 nitrogen and oxygen atoms in total. The number of primary amides is 1. The van der Waals surface area contributed by atoms with Crippen molar-refractivity contribution >= 4 is 50.4 Å². The Hall–Kier alpha value is -3.98. The van der Waals surface area contributed by atoms with Gasteiger partial charge in [0, 0.05) is 11.9 Å². The minimum Gasteiger partial charge on any atom is -0.383 e. The third kappa shape index (κ3) is 2.93. The molecule has 0 saturated heterocycles. The van der Waals surface area contributed by atoms with Crippen LogP contribution in [0.25, 0.3) is 26.4 Å². The van der Waals surface area contributed by atoms with E-state index in [2.05, 4.69) is 20.4 Å². The summed E-state index contributed by atoms with van der Waals surface area (Å²) < 4.78 is 2.55. The number of fused-ring (bicyclic) bond motifs is 2. The number of nitrogens with one attached hydrogen (secondary N) is 1. The minimum atomic E-state index is -0.641. The Kier molecular flexibility index (Phi) is 3.88. The van der Waals surface area contributed by atoms with E-state index in [1.165, 1.54) is 15.9 Å². The van der Waals surface area contributed by atoms with Crippen LogP contribution < -0.4 is 16.8 Å². The van der Waals surface area contributed by atoms with Gasteiger partial charge in [0.05, 0.1) is 15.8 Å². The van der Waals surface area contributed by atoms with Gasteiger partial charge >= 0.3 is 0 Å². The number of benzene rings is 2. The molecule has 1 amide bonds. The number of hydrogen-bond acceptors (Lipinski definition) is 7. The molecule has 3 heterocycles. The quantitative estimate of drug-likeness (QED) is 0.424. The zero-order chi connectivity index (χ0) is 20.0. The van der Waals surface area contributed by atoms with E-state index in [0.717, 1.165) is 20.9 Å². The summed E-state index contributed by atoms with van der Waals surface area (Å²) in [5.74, 6) is -0.0691. The molecule has 0 bridgehead atoms. The highest BCUT2D eigenvalue weighted by Crippen LogP contribution is 2.34. The van der Waals surface area contributed by atoms with E-state index in [0.29, 0.717) is 17.0 Å². The molecule has 0 aliphatic heterocycles. The molecule has 5 rings (SSSR count). The van der Waals surface area contributed by atoms with Gasteiger partial charge in [-0.2, -0.15) is 0 Å². The van der Waals surface area contributed by atoms with Gasteiger partial charge in [0.2, 0.25) is 0 Å². The highest BCUT2D eigenvalue weighted by Gasteiger charge is 2.22. The van der Waals surface area contributed by atoms with Crippen LogP contribution in [0.3, 0.4) is 0 Å². The lowest BCUT2D eigenvalue weighted by Gasteiger charge is -2.03. The monoisotopic (exact) mass is 401 g/mol. The molecule has 5 aromatic rings. The van der Waals surface area contributed by atoms with E-state index in [4.69, 9.17) is 11.5 Å². The van der Waals surface area contributed by atoms with Crippen LogP contribution in [-0.2, 0) is 0 Å². The number of carbonyl (C=O) groups excluding carboxylic acids is 1. The molecule has 0 spiro atoms. The maximum Gasteiger partial charge on any atom is 0.256 e. The Bertz CT molecular complexity index is 1340. The SMILES string of the molecule is NC(=O)c1c(Nc2ccccc2)nn2cc(-c3nc4ccccc4s3)c(N)nc12. The largest absolute Gasteiger partial charge is 0.383 e. The lowest BCUT2D eigenvalue weighted by molar-refractivity contribution is 0.100. The zero-order valence-corrected chi connectivity index (χ0v) is 15.9. The van der Waals surface area contributed by atoms with Crippen molar-refractivity contribution < 1.29 is 4.79 Å². The molecule has 0 fully saturated rings. The highest BCUT2D eigenvalue weighted by molar-refractivity contribution is 7.21. The maximum atomic E-state index is 12.1. The lowest BCUT2D eigenvalue weighted by atomic mass is 10.2. The zero-order valence-electron chi connectivity index (χ0n) is 15.0. The van der Waals surface area contributed by atoms with Gasteiger partial charge in [-0.05, 0) is 24.3 Å². The summed E-state index contributed by atoms with van der Waals surface area (Å²) in [6.07, 6.45) is 1.72. The van der Waals surface area contributed by atoms with Gasteiger partial charge in [0.15, 0.2) is 11.5 Å². The Balaban J connectivity index is 1.67. The van der Waals surface area contributed by atoms with Gasteiger partial charge < -0.3 is 16.8 Å². The van der Waals surface area contributed by atoms with Crippen molar-refractivity contribution in [3.8, 4) is 10.6 Å². The van der Waals surface area contributed by atoms with Crippen molar-refractivity contribution in [2.45, 2.75) is 0 Å². The topological polar surface area (TPSA) is 124 Å². The van der Waals surface area contributed by atoms with Crippen LogP contribution >= 0.6 is 11.3 Å². The predicted molar refractivity (Wildman–Crippen MR) is 114 cm³/mol. The summed E-state index contributed by atoms with van der Waals surface area (Å²) in [5.41, 5.74) is 14.6. The number of carbonyl (C=O) groups is 1. The molecule has 0 radical (unpaired) electrons. The van der Waals surface area contributed by atoms with Crippen LogP contribution in [0.2, 0.25) is 0 Å². The molecule has 0 atom stereocenters. The first-order valence-corrected chi connectivity index (χ1v) is 9.58. The number of para-hydroxylation sites is 2. The Morgan fingerprint density at radius 1 is 1.03 bits per heavy atom. The Labute approximate surface area is 168 Å². The van der Waals surface area contributed by atoms with Crippen molar-refractivity contribution in [1.29, 1.82) is 0 Å². The predicted octanol–water partition coefficient (Wildman–Crippen LogP) is 3.43. The van der Waals surface area contributed by atoms with Crippen molar-refractivity contribution in [3.05, 3.63) is 66.4 Å². The number of rotatable bonds is 4. The fraction of sp³-hybridized carbons (Fsp3) is 0. The van der Waals surface area contributed by atoms with E-state index in [1.54, 1.807) is 6.20 Å². The summed E-state index contributed by atoms with van der Waals surface area (Å²) in [6.45, 7) is 0. The number of nitrogens with two attached hydrogens (primary N) is 2. The average molecular weight is 401 g/mol. The number of nitrogen functional groups attached to an aromatic ring is 1. The summed E-state index contributed by atoms with van der Waals surface area (Å²) in [7, 11) is 0. The second-order valence-corrected chi connectivity index (χ2v) is 7.40. The lowest BCUT2D eigenvalue weighted by Crippen LogP contribution is -2.13. The molecule has 2 aromatic carbocycles. The van der Waals surface area contributed by atoms with Gasteiger partial charge in [0.1, 0.15) is 16.4 Å². The molecule has 29 heavy (non-hydrogen) atoms. The number of nitrogens with zero attached hydrogens (tertiary/aromatic N) is 4. The molecular weight excluding hydrogens is 386 g/mol. The minimum absolute atomic E-state index is 0.177. The van der Waals surface area contributed by atoms with Crippen molar-refractivity contribution in [1.82, 2.24) is 19.6 Å². The second kappa shape index (κ2) is 6.57. The smallest absolute Gasteiger partial charge is 0.256 e. The van der Waals surface area contributed by atoms with E-state index in [9.17, 15) is 4.79 Å². The molecule has 3 aromatic heterocycles. The summed E-state index contributed by atoms with van der Waals surface area (Å²) in [6, 6.07) is 17.2. The van der Waals surface area contributed by atoms with Crippen LogP contribution in [0, 0.1) is 0 Å². The number of anilines is 3. The van der Waals surface area contributed by atoms with E-state index in [-0.39, 0.29) is 11.4 Å². The number of amides is 1. The fourth-order valence-electron chi connectivity index (χ4n) is 3.11. The molecular formula is C20H15N7OS. The standard InChI is InChI=1S/C20H15N7OS/c21-16-12(20-24-13-8-4-5-9-14(13)29-20)10-27-19(25-16)15(17(22)28)18(26-27)23-11-6-2-1-3-7-11/h1-10H,(H2,21,25)(H2,22,28)(H,23,26). The van der Waals surface area contributed by atoms with Crippen molar-refractivity contribution in [2.24, 2.45) is 5.73 Å². The van der Waals surface area contributed by atoms with Crippen LogP contribution in [-0.4, -0.2) is 25.5 Å². The van der Waals surface area contributed by atoms with Crippen LogP contribution in [0.1, 0.15) is 10.4 Å². The van der Waals surface area contributed by atoms with Gasteiger partial charge in [0.25, 0.3) is 5.91 Å². The molecule has 0 saturated carbocycles. The summed E-state index contributed by atoms with van der Waals surface area (Å²) >= 11 is 1.51. The van der Waals surface area contributed by atoms with Crippen molar-refractivity contribution in [3.63, 3.8) is 0 Å². The first-order valence-electron chi connectivity index (χ1n) is 8.77. The molecule has 9 heteroatoms. The normalized spacial score (nSPS) is 11.2. The van der Waals surface area contributed by atoms with E-state index in [1.807, 2.05) is 54.6 Å². The molecule has 5 N–H and O–H groups in total.